The molecule has 0 saturated heterocycles. The number of hydrogen-bond acceptors (Lipinski definition) is 5. The van der Waals surface area contributed by atoms with E-state index in [2.05, 4.69) is 21.2 Å². The highest BCUT2D eigenvalue weighted by molar-refractivity contribution is 9.10. The molecule has 0 bridgehead atoms. The van der Waals surface area contributed by atoms with Crippen LogP contribution in [0.5, 0.6) is 11.5 Å². The standard InChI is InChI=1S/C15H24BrNO4/c1-11(10-19-3)21-15-13(16)7-12(8-14(15)20-4)9-17-5-6-18-2/h7-8,11,17H,5-6,9-10H2,1-4H3. The fourth-order valence-corrected chi connectivity index (χ4v) is 2.45. The first-order chi connectivity index (χ1) is 10.1. The minimum Gasteiger partial charge on any atom is -0.493 e. The molecule has 1 unspecified atom stereocenters. The van der Waals surface area contributed by atoms with Crippen LogP contribution in [0.4, 0.5) is 0 Å². The van der Waals surface area contributed by atoms with Crippen LogP contribution in [0, 0.1) is 0 Å². The van der Waals surface area contributed by atoms with Crippen molar-refractivity contribution in [3.8, 4) is 11.5 Å². The molecular weight excluding hydrogens is 338 g/mol. The van der Waals surface area contributed by atoms with Crippen LogP contribution < -0.4 is 14.8 Å². The average molecular weight is 362 g/mol. The Morgan fingerprint density at radius 2 is 1.95 bits per heavy atom. The van der Waals surface area contributed by atoms with Crippen LogP contribution in [0.2, 0.25) is 0 Å². The van der Waals surface area contributed by atoms with E-state index in [0.29, 0.717) is 24.7 Å². The number of halogens is 1. The molecule has 0 aromatic heterocycles. The van der Waals surface area contributed by atoms with Gasteiger partial charge in [-0.1, -0.05) is 0 Å². The summed E-state index contributed by atoms with van der Waals surface area (Å²) in [6, 6.07) is 4.00. The van der Waals surface area contributed by atoms with E-state index in [1.165, 1.54) is 0 Å². The Hall–Kier alpha value is -0.820. The zero-order chi connectivity index (χ0) is 15.7. The van der Waals surface area contributed by atoms with Gasteiger partial charge in [0, 0.05) is 27.3 Å². The van der Waals surface area contributed by atoms with Crippen LogP contribution in [0.25, 0.3) is 0 Å². The minimum absolute atomic E-state index is 0.0501. The van der Waals surface area contributed by atoms with Crippen molar-refractivity contribution >= 4 is 15.9 Å². The van der Waals surface area contributed by atoms with E-state index in [1.54, 1.807) is 21.3 Å². The Bertz CT molecular complexity index is 428. The Morgan fingerprint density at radius 3 is 2.57 bits per heavy atom. The fourth-order valence-electron chi connectivity index (χ4n) is 1.87. The Kier molecular flexibility index (Phi) is 8.68. The van der Waals surface area contributed by atoms with Gasteiger partial charge in [0.25, 0.3) is 0 Å². The predicted octanol–water partition coefficient (Wildman–Crippen LogP) is 2.61. The van der Waals surface area contributed by atoms with Gasteiger partial charge in [-0.05, 0) is 40.5 Å². The number of ether oxygens (including phenoxy) is 4. The molecule has 0 aliphatic heterocycles. The van der Waals surface area contributed by atoms with Crippen molar-refractivity contribution in [2.24, 2.45) is 0 Å². The number of hydrogen-bond donors (Lipinski definition) is 1. The largest absolute Gasteiger partial charge is 0.493 e. The van der Waals surface area contributed by atoms with Crippen molar-refractivity contribution in [2.45, 2.75) is 19.6 Å². The van der Waals surface area contributed by atoms with Crippen molar-refractivity contribution < 1.29 is 18.9 Å². The van der Waals surface area contributed by atoms with Gasteiger partial charge < -0.3 is 24.3 Å². The van der Waals surface area contributed by atoms with Gasteiger partial charge in [0.2, 0.25) is 0 Å². The second kappa shape index (κ2) is 10.00. The van der Waals surface area contributed by atoms with Crippen molar-refractivity contribution in [1.29, 1.82) is 0 Å². The number of benzene rings is 1. The van der Waals surface area contributed by atoms with Gasteiger partial charge in [-0.25, -0.2) is 0 Å². The summed E-state index contributed by atoms with van der Waals surface area (Å²) in [5.41, 5.74) is 1.11. The van der Waals surface area contributed by atoms with Gasteiger partial charge in [-0.2, -0.15) is 0 Å². The fraction of sp³-hybridized carbons (Fsp3) is 0.600. The lowest BCUT2D eigenvalue weighted by Gasteiger charge is -2.18. The summed E-state index contributed by atoms with van der Waals surface area (Å²) in [7, 11) is 4.98. The van der Waals surface area contributed by atoms with Crippen LogP contribution in [0.1, 0.15) is 12.5 Å². The van der Waals surface area contributed by atoms with E-state index < -0.39 is 0 Å². The zero-order valence-electron chi connectivity index (χ0n) is 13.1. The highest BCUT2D eigenvalue weighted by Crippen LogP contribution is 2.37. The van der Waals surface area contributed by atoms with E-state index in [0.717, 1.165) is 23.1 Å². The molecule has 1 aromatic rings. The van der Waals surface area contributed by atoms with Crippen LogP contribution in [-0.2, 0) is 16.0 Å². The molecule has 0 fully saturated rings. The Morgan fingerprint density at radius 1 is 1.19 bits per heavy atom. The minimum atomic E-state index is -0.0501. The lowest BCUT2D eigenvalue weighted by atomic mass is 10.2. The molecule has 1 N–H and O–H groups in total. The SMILES string of the molecule is COCCNCc1cc(Br)c(OC(C)COC)c(OC)c1. The van der Waals surface area contributed by atoms with E-state index >= 15 is 0 Å². The molecule has 0 amide bonds. The van der Waals surface area contributed by atoms with Crippen LogP contribution in [0.15, 0.2) is 16.6 Å². The molecule has 120 valence electrons. The molecule has 5 nitrogen and oxygen atoms in total. The lowest BCUT2D eigenvalue weighted by Crippen LogP contribution is -2.20. The maximum absolute atomic E-state index is 5.87. The van der Waals surface area contributed by atoms with Gasteiger partial charge in [-0.15, -0.1) is 0 Å². The first-order valence-corrected chi connectivity index (χ1v) is 7.63. The molecule has 1 atom stereocenters. The van der Waals surface area contributed by atoms with Gasteiger partial charge in [-0.3, -0.25) is 0 Å². The summed E-state index contributed by atoms with van der Waals surface area (Å²) in [5.74, 6) is 1.40. The quantitative estimate of drug-likeness (QED) is 0.649. The Labute approximate surface area is 135 Å². The van der Waals surface area contributed by atoms with E-state index in [4.69, 9.17) is 18.9 Å². The molecular formula is C15H24BrNO4. The van der Waals surface area contributed by atoms with E-state index in [9.17, 15) is 0 Å². The molecule has 21 heavy (non-hydrogen) atoms. The normalized spacial score (nSPS) is 12.2. The second-order valence-corrected chi connectivity index (χ2v) is 5.52. The summed E-state index contributed by atoms with van der Waals surface area (Å²) < 4.78 is 22.3. The maximum atomic E-state index is 5.87. The highest BCUT2D eigenvalue weighted by Gasteiger charge is 2.14. The number of nitrogens with one attached hydrogen (secondary N) is 1. The first-order valence-electron chi connectivity index (χ1n) is 6.84. The van der Waals surface area contributed by atoms with Crippen LogP contribution in [0.3, 0.4) is 0 Å². The third kappa shape index (κ3) is 6.22. The monoisotopic (exact) mass is 361 g/mol. The third-order valence-corrected chi connectivity index (χ3v) is 3.41. The second-order valence-electron chi connectivity index (χ2n) is 4.66. The van der Waals surface area contributed by atoms with Gasteiger partial charge >= 0.3 is 0 Å². The third-order valence-electron chi connectivity index (χ3n) is 2.82. The number of methoxy groups -OCH3 is 3. The molecule has 6 heteroatoms. The molecule has 1 rings (SSSR count). The summed E-state index contributed by atoms with van der Waals surface area (Å²) in [6.45, 7) is 4.71. The average Bonchev–Trinajstić information content (AvgIpc) is 2.46. The Balaban J connectivity index is 2.76. The van der Waals surface area contributed by atoms with Gasteiger partial charge in [0.05, 0.1) is 24.8 Å². The molecule has 0 spiro atoms. The molecule has 0 aliphatic carbocycles. The summed E-state index contributed by atoms with van der Waals surface area (Å²) >= 11 is 3.54. The van der Waals surface area contributed by atoms with Crippen LogP contribution >= 0.6 is 15.9 Å². The summed E-state index contributed by atoms with van der Waals surface area (Å²) in [5, 5.41) is 3.30. The van der Waals surface area contributed by atoms with Crippen molar-refractivity contribution in [1.82, 2.24) is 5.32 Å². The molecule has 0 radical (unpaired) electrons. The van der Waals surface area contributed by atoms with Crippen molar-refractivity contribution in [3.05, 3.63) is 22.2 Å². The first kappa shape index (κ1) is 18.2. The topological polar surface area (TPSA) is 49.0 Å². The summed E-state index contributed by atoms with van der Waals surface area (Å²) in [6.07, 6.45) is -0.0501. The lowest BCUT2D eigenvalue weighted by molar-refractivity contribution is 0.0894. The van der Waals surface area contributed by atoms with Crippen molar-refractivity contribution in [3.63, 3.8) is 0 Å². The maximum Gasteiger partial charge on any atom is 0.175 e. The molecule has 1 aromatic carbocycles. The molecule has 0 saturated carbocycles. The van der Waals surface area contributed by atoms with Crippen molar-refractivity contribution in [2.75, 3.05) is 41.1 Å². The highest BCUT2D eigenvalue weighted by atomic mass is 79.9. The zero-order valence-corrected chi connectivity index (χ0v) is 14.7. The predicted molar refractivity (Wildman–Crippen MR) is 86.2 cm³/mol. The van der Waals surface area contributed by atoms with E-state index in [1.807, 2.05) is 19.1 Å². The smallest absolute Gasteiger partial charge is 0.175 e. The number of rotatable bonds is 10. The summed E-state index contributed by atoms with van der Waals surface area (Å²) in [4.78, 5) is 0. The van der Waals surface area contributed by atoms with Gasteiger partial charge in [0.15, 0.2) is 11.5 Å². The van der Waals surface area contributed by atoms with Crippen LogP contribution in [-0.4, -0.2) is 47.2 Å². The molecule has 0 aliphatic rings. The van der Waals surface area contributed by atoms with E-state index in [-0.39, 0.29) is 6.10 Å². The van der Waals surface area contributed by atoms with Gasteiger partial charge in [0.1, 0.15) is 6.10 Å². The molecule has 0 heterocycles.